The molecule has 0 atom stereocenters. The number of benzene rings is 1. The molecule has 24 heavy (non-hydrogen) atoms. The van der Waals surface area contributed by atoms with Crippen molar-refractivity contribution in [2.24, 2.45) is 0 Å². The topological polar surface area (TPSA) is 54.0 Å². The van der Waals surface area contributed by atoms with Crippen LogP contribution in [0.4, 0.5) is 4.39 Å². The summed E-state index contributed by atoms with van der Waals surface area (Å²) in [5, 5.41) is 8.31. The average molecular weight is 326 g/mol. The van der Waals surface area contributed by atoms with E-state index in [9.17, 15) is 4.39 Å². The second kappa shape index (κ2) is 6.20. The number of nitrogens with one attached hydrogen (secondary N) is 1. The van der Waals surface area contributed by atoms with Gasteiger partial charge in [-0.2, -0.15) is 5.10 Å². The van der Waals surface area contributed by atoms with Crippen LogP contribution in [0.3, 0.4) is 0 Å². The number of para-hydroxylation sites is 1. The highest BCUT2D eigenvalue weighted by atomic mass is 19.1. The van der Waals surface area contributed by atoms with Gasteiger partial charge in [-0.1, -0.05) is 12.1 Å². The van der Waals surface area contributed by atoms with E-state index in [1.54, 1.807) is 30.5 Å². The van der Waals surface area contributed by atoms with Gasteiger partial charge in [0.1, 0.15) is 5.75 Å². The molecule has 2 aromatic heterocycles. The fourth-order valence-corrected chi connectivity index (χ4v) is 3.26. The first-order valence-corrected chi connectivity index (χ1v) is 8.16. The molecule has 5 nitrogen and oxygen atoms in total. The maximum Gasteiger partial charge on any atom is 0.184 e. The molecule has 6 heteroatoms. The number of halogens is 1. The standard InChI is InChI=1S/C18H19FN4O/c1-23-10-7-12(8-11-23)17-16-15(6-9-20-18(16)22-21-17)24-14-5-3-2-4-13(14)19/h2-6,9,12H,7-8,10-11H2,1H3,(H,20,21,22). The monoisotopic (exact) mass is 326 g/mol. The van der Waals surface area contributed by atoms with Gasteiger partial charge in [0.15, 0.2) is 17.2 Å². The minimum atomic E-state index is -0.383. The van der Waals surface area contributed by atoms with Crippen molar-refractivity contribution in [2.75, 3.05) is 20.1 Å². The van der Waals surface area contributed by atoms with Gasteiger partial charge in [-0.25, -0.2) is 9.37 Å². The van der Waals surface area contributed by atoms with Crippen molar-refractivity contribution in [1.29, 1.82) is 0 Å². The van der Waals surface area contributed by atoms with E-state index in [1.807, 2.05) is 0 Å². The summed E-state index contributed by atoms with van der Waals surface area (Å²) >= 11 is 0. The zero-order valence-electron chi connectivity index (χ0n) is 13.5. The van der Waals surface area contributed by atoms with Gasteiger partial charge in [-0.15, -0.1) is 0 Å². The lowest BCUT2D eigenvalue weighted by atomic mass is 9.92. The Labute approximate surface area is 139 Å². The van der Waals surface area contributed by atoms with E-state index in [0.29, 0.717) is 17.3 Å². The van der Waals surface area contributed by atoms with E-state index in [2.05, 4.69) is 27.1 Å². The molecule has 3 heterocycles. The van der Waals surface area contributed by atoms with Crippen molar-refractivity contribution < 1.29 is 9.13 Å². The molecule has 1 aliphatic heterocycles. The molecule has 1 N–H and O–H groups in total. The van der Waals surface area contributed by atoms with Crippen LogP contribution in [0.15, 0.2) is 36.5 Å². The summed E-state index contributed by atoms with van der Waals surface area (Å²) in [6.45, 7) is 2.10. The molecule has 1 saturated heterocycles. The highest BCUT2D eigenvalue weighted by Crippen LogP contribution is 2.37. The van der Waals surface area contributed by atoms with Crippen LogP contribution in [0.1, 0.15) is 24.5 Å². The Morgan fingerprint density at radius 3 is 2.75 bits per heavy atom. The molecular formula is C18H19FN4O. The summed E-state index contributed by atoms with van der Waals surface area (Å²) in [6.07, 6.45) is 3.75. The summed E-state index contributed by atoms with van der Waals surface area (Å²) in [5.74, 6) is 0.804. The molecule has 0 amide bonds. The minimum absolute atomic E-state index is 0.209. The molecule has 1 aromatic carbocycles. The van der Waals surface area contributed by atoms with Crippen LogP contribution in [0.25, 0.3) is 11.0 Å². The van der Waals surface area contributed by atoms with Crippen LogP contribution >= 0.6 is 0 Å². The van der Waals surface area contributed by atoms with Gasteiger partial charge in [0.05, 0.1) is 11.1 Å². The highest BCUT2D eigenvalue weighted by Gasteiger charge is 2.24. The number of H-pyrrole nitrogens is 1. The van der Waals surface area contributed by atoms with Crippen LogP contribution in [-0.2, 0) is 0 Å². The number of likely N-dealkylation sites (tertiary alicyclic amines) is 1. The normalized spacial score (nSPS) is 16.6. The number of piperidine rings is 1. The summed E-state index contributed by atoms with van der Waals surface area (Å²) in [6, 6.07) is 8.18. The fraction of sp³-hybridized carbons (Fsp3) is 0.333. The first-order valence-electron chi connectivity index (χ1n) is 8.16. The van der Waals surface area contributed by atoms with Gasteiger partial charge in [-0.05, 0) is 51.2 Å². The number of rotatable bonds is 3. The summed E-state index contributed by atoms with van der Waals surface area (Å²) in [7, 11) is 2.13. The van der Waals surface area contributed by atoms with E-state index in [-0.39, 0.29) is 11.6 Å². The predicted octanol–water partition coefficient (Wildman–Crippen LogP) is 3.70. The lowest BCUT2D eigenvalue weighted by Crippen LogP contribution is -2.29. The van der Waals surface area contributed by atoms with E-state index in [1.165, 1.54) is 6.07 Å². The second-order valence-electron chi connectivity index (χ2n) is 6.26. The molecule has 0 radical (unpaired) electrons. The van der Waals surface area contributed by atoms with E-state index >= 15 is 0 Å². The van der Waals surface area contributed by atoms with Gasteiger partial charge in [0, 0.05) is 12.1 Å². The number of ether oxygens (including phenoxy) is 1. The number of nitrogens with zero attached hydrogens (tertiary/aromatic N) is 3. The summed E-state index contributed by atoms with van der Waals surface area (Å²) < 4.78 is 19.8. The minimum Gasteiger partial charge on any atom is -0.453 e. The van der Waals surface area contributed by atoms with Crippen LogP contribution in [0.5, 0.6) is 11.5 Å². The number of hydrogen-bond acceptors (Lipinski definition) is 4. The molecule has 4 rings (SSSR count). The van der Waals surface area contributed by atoms with Crippen molar-refractivity contribution in [1.82, 2.24) is 20.1 Å². The maximum atomic E-state index is 13.9. The maximum absolute atomic E-state index is 13.9. The van der Waals surface area contributed by atoms with Gasteiger partial charge in [-0.3, -0.25) is 5.10 Å². The summed E-state index contributed by atoms with van der Waals surface area (Å²) in [4.78, 5) is 6.63. The van der Waals surface area contributed by atoms with Crippen molar-refractivity contribution in [3.63, 3.8) is 0 Å². The van der Waals surface area contributed by atoms with Crippen molar-refractivity contribution in [2.45, 2.75) is 18.8 Å². The summed E-state index contributed by atoms with van der Waals surface area (Å²) in [5.41, 5.74) is 1.65. The molecule has 0 aliphatic carbocycles. The third kappa shape index (κ3) is 2.73. The molecule has 0 saturated carbocycles. The first kappa shape index (κ1) is 15.1. The van der Waals surface area contributed by atoms with Gasteiger partial charge < -0.3 is 9.64 Å². The van der Waals surface area contributed by atoms with E-state index in [0.717, 1.165) is 37.0 Å². The lowest BCUT2D eigenvalue weighted by Gasteiger charge is -2.28. The molecule has 1 aliphatic rings. The third-order valence-electron chi connectivity index (χ3n) is 4.63. The van der Waals surface area contributed by atoms with E-state index < -0.39 is 0 Å². The number of pyridine rings is 1. The Morgan fingerprint density at radius 1 is 1.17 bits per heavy atom. The molecule has 0 bridgehead atoms. The van der Waals surface area contributed by atoms with Gasteiger partial charge >= 0.3 is 0 Å². The SMILES string of the molecule is CN1CCC(c2[nH]nc3nccc(Oc4ccccc4F)c23)CC1. The second-order valence-corrected chi connectivity index (χ2v) is 6.26. The molecule has 124 valence electrons. The Kier molecular flexibility index (Phi) is 3.90. The zero-order valence-corrected chi connectivity index (χ0v) is 13.5. The Balaban J connectivity index is 1.73. The molecule has 1 fully saturated rings. The van der Waals surface area contributed by atoms with Gasteiger partial charge in [0.2, 0.25) is 0 Å². The van der Waals surface area contributed by atoms with Crippen molar-refractivity contribution in [3.8, 4) is 11.5 Å². The smallest absolute Gasteiger partial charge is 0.184 e. The number of fused-ring (bicyclic) bond motifs is 1. The number of hydrogen-bond donors (Lipinski definition) is 1. The van der Waals surface area contributed by atoms with Gasteiger partial charge in [0.25, 0.3) is 0 Å². The number of aromatic nitrogens is 3. The molecule has 3 aromatic rings. The molecule has 0 unspecified atom stereocenters. The average Bonchev–Trinajstić information content (AvgIpc) is 3.03. The van der Waals surface area contributed by atoms with Crippen LogP contribution < -0.4 is 4.74 Å². The van der Waals surface area contributed by atoms with Crippen molar-refractivity contribution >= 4 is 11.0 Å². The van der Waals surface area contributed by atoms with Crippen molar-refractivity contribution in [3.05, 3.63) is 48.0 Å². The highest BCUT2D eigenvalue weighted by molar-refractivity contribution is 5.85. The lowest BCUT2D eigenvalue weighted by molar-refractivity contribution is 0.254. The van der Waals surface area contributed by atoms with Crippen LogP contribution in [0, 0.1) is 5.82 Å². The molecular weight excluding hydrogens is 307 g/mol. The Bertz CT molecular complexity index is 855. The zero-order chi connectivity index (χ0) is 16.5. The Morgan fingerprint density at radius 2 is 1.96 bits per heavy atom. The predicted molar refractivity (Wildman–Crippen MR) is 89.8 cm³/mol. The van der Waals surface area contributed by atoms with Crippen LogP contribution in [0.2, 0.25) is 0 Å². The quantitative estimate of drug-likeness (QED) is 0.797. The Hall–Kier alpha value is -2.47. The number of aromatic amines is 1. The first-order chi connectivity index (χ1) is 11.7. The van der Waals surface area contributed by atoms with E-state index in [4.69, 9.17) is 4.74 Å². The largest absolute Gasteiger partial charge is 0.453 e. The fourth-order valence-electron chi connectivity index (χ4n) is 3.26. The third-order valence-corrected chi connectivity index (χ3v) is 4.63. The van der Waals surface area contributed by atoms with Crippen LogP contribution in [-0.4, -0.2) is 40.2 Å². The molecule has 0 spiro atoms.